The van der Waals surface area contributed by atoms with Gasteiger partial charge in [0.1, 0.15) is 5.75 Å². The highest BCUT2D eigenvalue weighted by molar-refractivity contribution is 5.90. The zero-order chi connectivity index (χ0) is 25.3. The second kappa shape index (κ2) is 12.5. The molecule has 1 fully saturated rings. The highest BCUT2D eigenvalue weighted by atomic mass is 16.3. The van der Waals surface area contributed by atoms with Crippen molar-refractivity contribution in [3.8, 4) is 17.0 Å². The van der Waals surface area contributed by atoms with Crippen molar-refractivity contribution >= 4 is 11.7 Å². The van der Waals surface area contributed by atoms with Crippen LogP contribution in [0, 0.1) is 12.8 Å². The van der Waals surface area contributed by atoms with Crippen molar-refractivity contribution in [3.05, 3.63) is 83.2 Å². The average Bonchev–Trinajstić information content (AvgIpc) is 2.86. The normalized spacial score (nSPS) is 13.7. The van der Waals surface area contributed by atoms with Crippen molar-refractivity contribution in [1.29, 1.82) is 0 Å². The molecule has 36 heavy (non-hydrogen) atoms. The van der Waals surface area contributed by atoms with Gasteiger partial charge in [-0.05, 0) is 75.5 Å². The van der Waals surface area contributed by atoms with E-state index in [4.69, 9.17) is 4.98 Å². The topological polar surface area (TPSA) is 75.1 Å². The summed E-state index contributed by atoms with van der Waals surface area (Å²) < 4.78 is 0. The Balaban J connectivity index is 1.48. The van der Waals surface area contributed by atoms with Gasteiger partial charge in [0.15, 0.2) is 5.82 Å². The Morgan fingerprint density at radius 1 is 1.11 bits per heavy atom. The summed E-state index contributed by atoms with van der Waals surface area (Å²) in [5.74, 6) is 1.20. The number of anilines is 1. The number of benzene rings is 2. The van der Waals surface area contributed by atoms with Crippen LogP contribution in [0.4, 0.5) is 5.82 Å². The number of carbonyl (C=O) groups excluding carboxylic acids is 1. The Kier molecular flexibility index (Phi) is 8.88. The second-order valence-electron chi connectivity index (χ2n) is 9.90. The standard InChI is InChI=1S/C31H37N3O2/c1-3-23(6-4-7-24-8-5-9-24)20-28-31(32-21-29(33-28)26-15-10-22(2)11-16-26)34-30(36)19-14-25-12-17-27(35)18-13-25/h7,10-13,15-18,21,23,35H,3-6,8-9,14,19-20H2,1-2H3,(H,32,34,36). The van der Waals surface area contributed by atoms with Crippen LogP contribution >= 0.6 is 0 Å². The van der Waals surface area contributed by atoms with Crippen LogP contribution in [-0.4, -0.2) is 21.0 Å². The molecule has 0 aliphatic heterocycles. The predicted molar refractivity (Wildman–Crippen MR) is 146 cm³/mol. The first-order valence-corrected chi connectivity index (χ1v) is 13.2. The Morgan fingerprint density at radius 2 is 1.86 bits per heavy atom. The van der Waals surface area contributed by atoms with Crippen LogP contribution in [0.15, 0.2) is 66.4 Å². The fourth-order valence-electron chi connectivity index (χ4n) is 4.48. The molecule has 2 aromatic carbocycles. The van der Waals surface area contributed by atoms with Crippen molar-refractivity contribution in [2.75, 3.05) is 5.32 Å². The lowest BCUT2D eigenvalue weighted by Crippen LogP contribution is -2.17. The molecule has 0 radical (unpaired) electrons. The number of phenolic OH excluding ortho intramolecular Hbond substituents is 1. The molecule has 1 amide bonds. The summed E-state index contributed by atoms with van der Waals surface area (Å²) >= 11 is 0. The Bertz CT molecular complexity index is 1180. The van der Waals surface area contributed by atoms with Crippen molar-refractivity contribution in [3.63, 3.8) is 0 Å². The van der Waals surface area contributed by atoms with Gasteiger partial charge in [-0.3, -0.25) is 4.79 Å². The molecule has 0 saturated heterocycles. The van der Waals surface area contributed by atoms with E-state index in [1.54, 1.807) is 23.9 Å². The number of aromatic hydroxyl groups is 1. The van der Waals surface area contributed by atoms with Gasteiger partial charge in [0.25, 0.3) is 0 Å². The van der Waals surface area contributed by atoms with E-state index in [1.807, 2.05) is 12.1 Å². The smallest absolute Gasteiger partial charge is 0.225 e. The SMILES string of the molecule is CCC(CCC=C1CCC1)Cc1nc(-c2ccc(C)cc2)cnc1NC(=O)CCc1ccc(O)cc1. The molecule has 4 rings (SSSR count). The summed E-state index contributed by atoms with van der Waals surface area (Å²) in [5, 5.41) is 12.5. The lowest BCUT2D eigenvalue weighted by Gasteiger charge is -2.19. The minimum Gasteiger partial charge on any atom is -0.508 e. The summed E-state index contributed by atoms with van der Waals surface area (Å²) in [5.41, 5.74) is 6.54. The number of nitrogens with one attached hydrogen (secondary N) is 1. The van der Waals surface area contributed by atoms with Gasteiger partial charge in [0.2, 0.25) is 5.91 Å². The predicted octanol–water partition coefficient (Wildman–Crippen LogP) is 7.19. The number of nitrogens with zero attached hydrogens (tertiary/aromatic N) is 2. The van der Waals surface area contributed by atoms with Crippen LogP contribution in [0.2, 0.25) is 0 Å². The van der Waals surface area contributed by atoms with Gasteiger partial charge < -0.3 is 10.4 Å². The zero-order valence-electron chi connectivity index (χ0n) is 21.5. The molecule has 1 atom stereocenters. The number of hydrogen-bond acceptors (Lipinski definition) is 4. The van der Waals surface area contributed by atoms with Crippen molar-refractivity contribution in [1.82, 2.24) is 9.97 Å². The van der Waals surface area contributed by atoms with Gasteiger partial charge in [-0.1, -0.05) is 67.0 Å². The molecule has 188 valence electrons. The highest BCUT2D eigenvalue weighted by Gasteiger charge is 2.17. The molecular formula is C31H37N3O2. The van der Waals surface area contributed by atoms with Crippen molar-refractivity contribution in [2.45, 2.75) is 71.6 Å². The average molecular weight is 484 g/mol. The fourth-order valence-corrected chi connectivity index (χ4v) is 4.48. The van der Waals surface area contributed by atoms with E-state index in [1.165, 1.54) is 24.8 Å². The van der Waals surface area contributed by atoms with E-state index in [2.05, 4.69) is 54.5 Å². The second-order valence-corrected chi connectivity index (χ2v) is 9.90. The summed E-state index contributed by atoms with van der Waals surface area (Å²) in [4.78, 5) is 22.5. The number of hydrogen-bond donors (Lipinski definition) is 2. The minimum absolute atomic E-state index is 0.0792. The maximum absolute atomic E-state index is 12.8. The third-order valence-electron chi connectivity index (χ3n) is 7.09. The lowest BCUT2D eigenvalue weighted by atomic mass is 9.89. The molecule has 1 aliphatic rings. The van der Waals surface area contributed by atoms with Gasteiger partial charge in [0.05, 0.1) is 17.6 Å². The first kappa shape index (κ1) is 25.6. The number of aryl methyl sites for hydroxylation is 2. The van der Waals surface area contributed by atoms with Crippen LogP contribution in [0.3, 0.4) is 0 Å². The summed E-state index contributed by atoms with van der Waals surface area (Å²) in [6.07, 6.45) is 13.1. The fraction of sp³-hybridized carbons (Fsp3) is 0.387. The Hall–Kier alpha value is -3.47. The molecule has 0 spiro atoms. The number of amides is 1. The molecule has 0 bridgehead atoms. The third kappa shape index (κ3) is 7.27. The summed E-state index contributed by atoms with van der Waals surface area (Å²) in [6, 6.07) is 15.3. The van der Waals surface area contributed by atoms with E-state index >= 15 is 0 Å². The zero-order valence-corrected chi connectivity index (χ0v) is 21.5. The molecule has 3 aromatic rings. The quantitative estimate of drug-likeness (QED) is 0.283. The van der Waals surface area contributed by atoms with Crippen molar-refractivity contribution < 1.29 is 9.90 Å². The van der Waals surface area contributed by atoms with Gasteiger partial charge in [-0.15, -0.1) is 0 Å². The third-order valence-corrected chi connectivity index (χ3v) is 7.09. The lowest BCUT2D eigenvalue weighted by molar-refractivity contribution is -0.116. The maximum Gasteiger partial charge on any atom is 0.225 e. The molecule has 1 aliphatic carbocycles. The van der Waals surface area contributed by atoms with Crippen LogP contribution in [0.1, 0.15) is 68.7 Å². The van der Waals surface area contributed by atoms with Gasteiger partial charge in [-0.25, -0.2) is 9.97 Å². The summed E-state index contributed by atoms with van der Waals surface area (Å²) in [7, 11) is 0. The van der Waals surface area contributed by atoms with Crippen LogP contribution in [0.25, 0.3) is 11.3 Å². The number of carbonyl (C=O) groups is 1. The van der Waals surface area contributed by atoms with E-state index in [0.29, 0.717) is 24.6 Å². The van der Waals surface area contributed by atoms with E-state index < -0.39 is 0 Å². The molecule has 1 unspecified atom stereocenters. The maximum atomic E-state index is 12.8. The molecule has 1 heterocycles. The van der Waals surface area contributed by atoms with Crippen LogP contribution in [-0.2, 0) is 17.6 Å². The van der Waals surface area contributed by atoms with Gasteiger partial charge in [0, 0.05) is 12.0 Å². The van der Waals surface area contributed by atoms with E-state index in [-0.39, 0.29) is 11.7 Å². The first-order valence-electron chi connectivity index (χ1n) is 13.2. The number of rotatable bonds is 11. The highest BCUT2D eigenvalue weighted by Crippen LogP contribution is 2.28. The molecule has 2 N–H and O–H groups in total. The molecule has 5 heteroatoms. The first-order chi connectivity index (χ1) is 17.5. The number of aromatic nitrogens is 2. The molecule has 5 nitrogen and oxygen atoms in total. The minimum atomic E-state index is -0.0792. The van der Waals surface area contributed by atoms with Crippen LogP contribution in [0.5, 0.6) is 5.75 Å². The molecule has 1 aromatic heterocycles. The largest absolute Gasteiger partial charge is 0.508 e. The number of allylic oxidation sites excluding steroid dienone is 2. The monoisotopic (exact) mass is 483 g/mol. The van der Waals surface area contributed by atoms with Crippen molar-refractivity contribution in [2.24, 2.45) is 5.92 Å². The van der Waals surface area contributed by atoms with Gasteiger partial charge in [-0.2, -0.15) is 0 Å². The Morgan fingerprint density at radius 3 is 2.53 bits per heavy atom. The molecule has 1 saturated carbocycles. The molecular weight excluding hydrogens is 446 g/mol. The van der Waals surface area contributed by atoms with Crippen LogP contribution < -0.4 is 5.32 Å². The van der Waals surface area contributed by atoms with E-state index in [9.17, 15) is 9.90 Å². The number of phenols is 1. The summed E-state index contributed by atoms with van der Waals surface area (Å²) in [6.45, 7) is 4.30. The van der Waals surface area contributed by atoms with Gasteiger partial charge >= 0.3 is 0 Å². The Labute approximate surface area is 214 Å². The van der Waals surface area contributed by atoms with E-state index in [0.717, 1.165) is 48.2 Å².